The highest BCUT2D eigenvalue weighted by molar-refractivity contribution is 6.05. The Bertz CT molecular complexity index is 2050. The minimum absolute atomic E-state index is 0.0893. The monoisotopic (exact) mass is 574 g/mol. The van der Waals surface area contributed by atoms with Crippen molar-refractivity contribution in [1.82, 2.24) is 15.0 Å². The van der Waals surface area contributed by atoms with Crippen LogP contribution in [-0.4, -0.2) is 15.0 Å². The minimum Gasteiger partial charge on any atom is -0.456 e. The lowest BCUT2D eigenvalue weighted by Gasteiger charge is -2.50. The molecule has 6 aromatic rings. The second kappa shape index (κ2) is 10.4. The van der Waals surface area contributed by atoms with E-state index in [2.05, 4.69) is 50.2 Å². The molecule has 2 fully saturated rings. The van der Waals surface area contributed by atoms with Crippen molar-refractivity contribution < 1.29 is 4.42 Å². The van der Waals surface area contributed by atoms with Crippen LogP contribution in [0, 0.1) is 29.1 Å². The van der Waals surface area contributed by atoms with E-state index in [1.165, 1.54) is 24.8 Å². The fourth-order valence-electron chi connectivity index (χ4n) is 8.40. The Balaban J connectivity index is 1.30. The lowest BCUT2D eigenvalue weighted by molar-refractivity contribution is 0.0780. The highest BCUT2D eigenvalue weighted by Crippen LogP contribution is 2.54. The first kappa shape index (κ1) is 26.8. The summed E-state index contributed by atoms with van der Waals surface area (Å²) in [6, 6.07) is 33.1. The molecule has 0 amide bonds. The topological polar surface area (TPSA) is 75.6 Å². The third-order valence-corrected chi connectivity index (χ3v) is 9.87. The van der Waals surface area contributed by atoms with Crippen LogP contribution in [0.1, 0.15) is 57.1 Å². The van der Waals surface area contributed by atoms with Gasteiger partial charge in [0.25, 0.3) is 0 Å². The zero-order chi connectivity index (χ0) is 29.8. The molecule has 4 atom stereocenters. The summed E-state index contributed by atoms with van der Waals surface area (Å²) in [6.07, 6.45) is 6.15. The predicted octanol–water partition coefficient (Wildman–Crippen LogP) is 9.75. The van der Waals surface area contributed by atoms with E-state index in [4.69, 9.17) is 19.4 Å². The van der Waals surface area contributed by atoms with Crippen LogP contribution in [0.25, 0.3) is 56.1 Å². The largest absolute Gasteiger partial charge is 0.456 e. The third kappa shape index (κ3) is 4.66. The molecule has 2 aromatic heterocycles. The molecular weight excluding hydrogens is 540 g/mol. The van der Waals surface area contributed by atoms with Gasteiger partial charge in [-0.3, -0.25) is 0 Å². The lowest BCUT2D eigenvalue weighted by Crippen LogP contribution is -2.42. The maximum atomic E-state index is 10.2. The van der Waals surface area contributed by atoms with E-state index in [0.29, 0.717) is 34.9 Å². The number of fused-ring (bicyclic) bond motifs is 5. The van der Waals surface area contributed by atoms with Gasteiger partial charge in [-0.25, -0.2) is 15.0 Å². The van der Waals surface area contributed by atoms with Crippen molar-refractivity contribution in [2.45, 2.75) is 51.4 Å². The molecule has 4 aromatic carbocycles. The molecule has 216 valence electrons. The molecule has 5 heteroatoms. The van der Waals surface area contributed by atoms with Gasteiger partial charge < -0.3 is 4.42 Å². The van der Waals surface area contributed by atoms with Gasteiger partial charge in [-0.2, -0.15) is 5.26 Å². The number of para-hydroxylation sites is 1. The van der Waals surface area contributed by atoms with Gasteiger partial charge in [0, 0.05) is 27.5 Å². The quantitative estimate of drug-likeness (QED) is 0.209. The summed E-state index contributed by atoms with van der Waals surface area (Å²) in [5.41, 5.74) is 6.32. The Kier molecular flexibility index (Phi) is 6.34. The standard InChI is InChI=1S/C39H34N4O/c1-24-14-26-15-25(2)21-39(20-24,22-26)31-17-27(23-40)16-30(18-31)38-42-36(28-8-4-3-5-9-28)41-37(43-38)29-12-13-33-32-10-6-7-11-34(32)44-35(33)19-29/h3-13,16-19,24-26H,14-15,20-22H2,1-2H3/t24-,25+,26-,39?. The summed E-state index contributed by atoms with van der Waals surface area (Å²) in [4.78, 5) is 15.0. The first-order chi connectivity index (χ1) is 21.5. The molecule has 2 aliphatic rings. The van der Waals surface area contributed by atoms with Crippen LogP contribution in [-0.2, 0) is 5.41 Å². The van der Waals surface area contributed by atoms with E-state index >= 15 is 0 Å². The lowest BCUT2D eigenvalue weighted by atomic mass is 9.54. The number of benzene rings is 4. The molecule has 0 spiro atoms. The number of hydrogen-bond acceptors (Lipinski definition) is 5. The fraction of sp³-hybridized carbons (Fsp3) is 0.282. The van der Waals surface area contributed by atoms with Gasteiger partial charge in [-0.05, 0) is 97.2 Å². The minimum atomic E-state index is 0.0893. The molecule has 0 radical (unpaired) electrons. The Morgan fingerprint density at radius 2 is 1.32 bits per heavy atom. The zero-order valence-corrected chi connectivity index (χ0v) is 25.1. The molecule has 2 aliphatic carbocycles. The fourth-order valence-corrected chi connectivity index (χ4v) is 8.40. The predicted molar refractivity (Wildman–Crippen MR) is 175 cm³/mol. The second-order valence-electron chi connectivity index (χ2n) is 13.3. The van der Waals surface area contributed by atoms with Gasteiger partial charge in [0.15, 0.2) is 17.5 Å². The molecule has 2 heterocycles. The van der Waals surface area contributed by atoms with Crippen molar-refractivity contribution in [2.75, 3.05) is 0 Å². The number of rotatable bonds is 4. The van der Waals surface area contributed by atoms with Crippen LogP contribution in [0.2, 0.25) is 0 Å². The molecule has 8 rings (SSSR count). The summed E-state index contributed by atoms with van der Waals surface area (Å²) in [7, 11) is 0. The maximum Gasteiger partial charge on any atom is 0.164 e. The smallest absolute Gasteiger partial charge is 0.164 e. The second-order valence-corrected chi connectivity index (χ2v) is 13.3. The van der Waals surface area contributed by atoms with E-state index < -0.39 is 0 Å². The van der Waals surface area contributed by atoms with Gasteiger partial charge in [0.05, 0.1) is 11.6 Å². The van der Waals surface area contributed by atoms with Gasteiger partial charge in [0.2, 0.25) is 0 Å². The van der Waals surface area contributed by atoms with E-state index in [0.717, 1.165) is 57.4 Å². The summed E-state index contributed by atoms with van der Waals surface area (Å²) >= 11 is 0. The Morgan fingerprint density at radius 3 is 2.07 bits per heavy atom. The zero-order valence-electron chi connectivity index (χ0n) is 25.1. The van der Waals surface area contributed by atoms with Crippen LogP contribution in [0.3, 0.4) is 0 Å². The van der Waals surface area contributed by atoms with Crippen molar-refractivity contribution in [3.63, 3.8) is 0 Å². The highest BCUT2D eigenvalue weighted by atomic mass is 16.3. The van der Waals surface area contributed by atoms with Crippen molar-refractivity contribution in [3.8, 4) is 40.2 Å². The Hall–Kier alpha value is -4.82. The SMILES string of the molecule is C[C@@H]1C[C@@H]2C[C@H](C)CC(c3cc(C#N)cc(-c4nc(-c5ccccc5)nc(-c5ccc6c(c5)oc5ccccc56)n4)c3)(C1)C2. The number of aromatic nitrogens is 3. The van der Waals surface area contributed by atoms with Crippen LogP contribution in [0.15, 0.2) is 95.4 Å². The Labute approximate surface area is 257 Å². The molecule has 0 saturated heterocycles. The molecule has 44 heavy (non-hydrogen) atoms. The van der Waals surface area contributed by atoms with Gasteiger partial charge in [0.1, 0.15) is 11.2 Å². The van der Waals surface area contributed by atoms with E-state index in [-0.39, 0.29) is 5.41 Å². The van der Waals surface area contributed by atoms with Crippen LogP contribution < -0.4 is 0 Å². The maximum absolute atomic E-state index is 10.2. The first-order valence-electron chi connectivity index (χ1n) is 15.8. The van der Waals surface area contributed by atoms with E-state index in [1.54, 1.807) is 0 Å². The number of nitrogens with zero attached hydrogens (tertiary/aromatic N) is 4. The van der Waals surface area contributed by atoms with Crippen molar-refractivity contribution in [3.05, 3.63) is 102 Å². The number of hydrogen-bond donors (Lipinski definition) is 0. The molecule has 5 nitrogen and oxygen atoms in total. The highest BCUT2D eigenvalue weighted by Gasteiger charge is 2.45. The van der Waals surface area contributed by atoms with Gasteiger partial charge in [-0.15, -0.1) is 0 Å². The molecule has 1 unspecified atom stereocenters. The molecule has 2 saturated carbocycles. The molecule has 0 N–H and O–H groups in total. The van der Waals surface area contributed by atoms with Gasteiger partial charge in [-0.1, -0.05) is 68.4 Å². The van der Waals surface area contributed by atoms with Gasteiger partial charge >= 0.3 is 0 Å². The van der Waals surface area contributed by atoms with Crippen LogP contribution in [0.5, 0.6) is 0 Å². The van der Waals surface area contributed by atoms with E-state index in [9.17, 15) is 5.26 Å². The molecule has 2 bridgehead atoms. The summed E-state index contributed by atoms with van der Waals surface area (Å²) in [5.74, 6) is 3.87. The van der Waals surface area contributed by atoms with Crippen LogP contribution >= 0.6 is 0 Å². The van der Waals surface area contributed by atoms with E-state index in [1.807, 2.05) is 60.7 Å². The van der Waals surface area contributed by atoms with Crippen molar-refractivity contribution >= 4 is 21.9 Å². The van der Waals surface area contributed by atoms with Crippen LogP contribution in [0.4, 0.5) is 0 Å². The first-order valence-corrected chi connectivity index (χ1v) is 15.8. The molecule has 0 aliphatic heterocycles. The average molecular weight is 575 g/mol. The summed E-state index contributed by atoms with van der Waals surface area (Å²) in [6.45, 7) is 4.80. The van der Waals surface area contributed by atoms with Crippen molar-refractivity contribution in [2.24, 2.45) is 17.8 Å². The Morgan fingerprint density at radius 1 is 0.659 bits per heavy atom. The molecular formula is C39H34N4O. The average Bonchev–Trinajstić information content (AvgIpc) is 3.42. The number of furan rings is 1. The summed E-state index contributed by atoms with van der Waals surface area (Å²) < 4.78 is 6.21. The third-order valence-electron chi connectivity index (χ3n) is 9.87. The number of nitriles is 1. The normalized spacial score (nSPS) is 23.1. The van der Waals surface area contributed by atoms with Crippen molar-refractivity contribution in [1.29, 1.82) is 5.26 Å². The summed E-state index contributed by atoms with van der Waals surface area (Å²) in [5, 5.41) is 12.3.